The van der Waals surface area contributed by atoms with E-state index in [1.807, 2.05) is 24.3 Å². The van der Waals surface area contributed by atoms with Gasteiger partial charge in [0.2, 0.25) is 5.91 Å². The van der Waals surface area contributed by atoms with E-state index in [1.165, 1.54) is 25.8 Å². The fourth-order valence-corrected chi connectivity index (χ4v) is 3.98. The van der Waals surface area contributed by atoms with E-state index in [1.54, 1.807) is 9.80 Å². The van der Waals surface area contributed by atoms with E-state index in [2.05, 4.69) is 12.2 Å². The lowest BCUT2D eigenvalue weighted by Crippen LogP contribution is -3.16. The Morgan fingerprint density at radius 3 is 2.96 bits per heavy atom. The van der Waals surface area contributed by atoms with Crippen LogP contribution in [0.1, 0.15) is 55.8 Å². The van der Waals surface area contributed by atoms with Crippen LogP contribution in [-0.4, -0.2) is 44.0 Å². The van der Waals surface area contributed by atoms with Gasteiger partial charge in [0.15, 0.2) is 0 Å². The number of nitrogens with one attached hydrogen (secondary N) is 2. The lowest BCUT2D eigenvalue weighted by Gasteiger charge is -2.30. The molecule has 2 aliphatic rings. The number of benzene rings is 1. The first-order valence-corrected chi connectivity index (χ1v) is 9.68. The highest BCUT2D eigenvalue weighted by Gasteiger charge is 2.23. The third kappa shape index (κ3) is 4.60. The molecule has 2 aliphatic heterocycles. The molecule has 2 heterocycles. The molecule has 2 amide bonds. The highest BCUT2D eigenvalue weighted by molar-refractivity contribution is 5.99. The molecule has 2 N–H and O–H groups in total. The summed E-state index contributed by atoms with van der Waals surface area (Å²) in [5.41, 5.74) is 1.47. The molecule has 2 atom stereocenters. The summed E-state index contributed by atoms with van der Waals surface area (Å²) in [4.78, 5) is 27.7. The maximum atomic E-state index is 12.4. The van der Waals surface area contributed by atoms with Gasteiger partial charge in [-0.05, 0) is 50.8 Å². The first-order chi connectivity index (χ1) is 12.1. The van der Waals surface area contributed by atoms with Crippen molar-refractivity contribution >= 4 is 17.5 Å². The Balaban J connectivity index is 1.47. The van der Waals surface area contributed by atoms with Gasteiger partial charge in [-0.15, -0.1) is 0 Å². The van der Waals surface area contributed by atoms with Crippen LogP contribution in [0.3, 0.4) is 0 Å². The molecule has 0 aliphatic carbocycles. The number of carbonyl (C=O) groups excluding carboxylic acids is 2. The van der Waals surface area contributed by atoms with Crippen molar-refractivity contribution in [3.8, 4) is 0 Å². The molecule has 2 saturated heterocycles. The van der Waals surface area contributed by atoms with E-state index in [0.717, 1.165) is 37.7 Å². The summed E-state index contributed by atoms with van der Waals surface area (Å²) < 4.78 is 0. The summed E-state index contributed by atoms with van der Waals surface area (Å²) >= 11 is 0. The minimum absolute atomic E-state index is 0.0461. The summed E-state index contributed by atoms with van der Waals surface area (Å²) in [5, 5.41) is 3.03. The van der Waals surface area contributed by atoms with Gasteiger partial charge in [-0.1, -0.05) is 6.07 Å². The zero-order chi connectivity index (χ0) is 17.6. The van der Waals surface area contributed by atoms with Crippen LogP contribution < -0.4 is 15.1 Å². The fraction of sp³-hybridized carbons (Fsp3) is 0.600. The number of hydrogen-bond donors (Lipinski definition) is 2. The first-order valence-electron chi connectivity index (χ1n) is 9.68. The van der Waals surface area contributed by atoms with Crippen molar-refractivity contribution in [2.45, 2.75) is 51.5 Å². The van der Waals surface area contributed by atoms with Gasteiger partial charge in [0.1, 0.15) is 0 Å². The molecule has 1 unspecified atom stereocenters. The topological polar surface area (TPSA) is 53.9 Å². The number of hydrogen-bond acceptors (Lipinski definition) is 2. The SMILES string of the molecule is C[C@H]1CCCC[NH+]1CCCNC(=O)c1cccc(N2CCCC2=O)c1. The van der Waals surface area contributed by atoms with Crippen LogP contribution in [0.4, 0.5) is 5.69 Å². The molecule has 0 spiro atoms. The van der Waals surface area contributed by atoms with Crippen LogP contribution in [0.2, 0.25) is 0 Å². The Morgan fingerprint density at radius 2 is 2.20 bits per heavy atom. The zero-order valence-electron chi connectivity index (χ0n) is 15.2. The summed E-state index contributed by atoms with van der Waals surface area (Å²) in [7, 11) is 0. The molecule has 0 aromatic heterocycles. The van der Waals surface area contributed by atoms with E-state index in [0.29, 0.717) is 18.5 Å². The highest BCUT2D eigenvalue weighted by Crippen LogP contribution is 2.22. The number of amides is 2. The summed E-state index contributed by atoms with van der Waals surface area (Å²) in [6.45, 7) is 6.19. The molecular weight excluding hydrogens is 314 g/mol. The Hall–Kier alpha value is -1.88. The van der Waals surface area contributed by atoms with Crippen molar-refractivity contribution in [2.75, 3.05) is 31.1 Å². The summed E-state index contributed by atoms with van der Waals surface area (Å²) in [5.74, 6) is 0.103. The van der Waals surface area contributed by atoms with Crippen molar-refractivity contribution in [2.24, 2.45) is 0 Å². The molecule has 5 nitrogen and oxygen atoms in total. The van der Waals surface area contributed by atoms with Gasteiger partial charge in [-0.3, -0.25) is 9.59 Å². The standard InChI is InChI=1S/C20H29N3O2/c1-16-7-2-3-12-22(16)13-6-11-21-20(25)17-8-4-9-18(15-17)23-14-5-10-19(23)24/h4,8-9,15-16H,2-3,5-7,10-14H2,1H3,(H,21,25)/p+1/t16-/m0/s1. The third-order valence-electron chi connectivity index (χ3n) is 5.54. The number of piperidine rings is 1. The number of carbonyl (C=O) groups is 2. The summed E-state index contributed by atoms with van der Waals surface area (Å²) in [6, 6.07) is 8.16. The monoisotopic (exact) mass is 344 g/mol. The number of nitrogens with zero attached hydrogens (tertiary/aromatic N) is 1. The molecule has 136 valence electrons. The maximum Gasteiger partial charge on any atom is 0.251 e. The van der Waals surface area contributed by atoms with Crippen molar-refractivity contribution < 1.29 is 14.5 Å². The van der Waals surface area contributed by atoms with Crippen molar-refractivity contribution in [1.82, 2.24) is 5.32 Å². The van der Waals surface area contributed by atoms with Gasteiger partial charge < -0.3 is 15.1 Å². The Kier molecular flexibility index (Phi) is 6.08. The van der Waals surface area contributed by atoms with Gasteiger partial charge in [0.25, 0.3) is 5.91 Å². The summed E-state index contributed by atoms with van der Waals surface area (Å²) in [6.07, 6.45) is 6.52. The van der Waals surface area contributed by atoms with E-state index in [9.17, 15) is 9.59 Å². The molecule has 0 radical (unpaired) electrons. The quantitative estimate of drug-likeness (QED) is 0.767. The molecule has 2 fully saturated rings. The normalized spacial score (nSPS) is 23.7. The van der Waals surface area contributed by atoms with E-state index in [-0.39, 0.29) is 11.8 Å². The zero-order valence-corrected chi connectivity index (χ0v) is 15.2. The molecular formula is C20H30N3O2+. The second kappa shape index (κ2) is 8.48. The molecule has 25 heavy (non-hydrogen) atoms. The van der Waals surface area contributed by atoms with Gasteiger partial charge in [0, 0.05) is 37.2 Å². The van der Waals surface area contributed by atoms with Gasteiger partial charge in [-0.25, -0.2) is 0 Å². The van der Waals surface area contributed by atoms with E-state index < -0.39 is 0 Å². The van der Waals surface area contributed by atoms with Crippen LogP contribution in [0.25, 0.3) is 0 Å². The van der Waals surface area contributed by atoms with Crippen molar-refractivity contribution in [3.05, 3.63) is 29.8 Å². The first kappa shape index (κ1) is 17.9. The lowest BCUT2D eigenvalue weighted by molar-refractivity contribution is -0.928. The second-order valence-electron chi connectivity index (χ2n) is 7.36. The van der Waals surface area contributed by atoms with Gasteiger partial charge >= 0.3 is 0 Å². The average Bonchev–Trinajstić information content (AvgIpc) is 3.06. The van der Waals surface area contributed by atoms with E-state index >= 15 is 0 Å². The fourth-order valence-electron chi connectivity index (χ4n) is 3.98. The smallest absolute Gasteiger partial charge is 0.251 e. The van der Waals surface area contributed by atoms with Crippen LogP contribution in [0.5, 0.6) is 0 Å². The molecule has 1 aromatic carbocycles. The lowest BCUT2D eigenvalue weighted by atomic mass is 10.0. The average molecular weight is 344 g/mol. The minimum Gasteiger partial charge on any atom is -0.352 e. The predicted octanol–water partition coefficient (Wildman–Crippen LogP) is 1.39. The van der Waals surface area contributed by atoms with Gasteiger partial charge in [0.05, 0.1) is 19.1 Å². The van der Waals surface area contributed by atoms with Crippen molar-refractivity contribution in [3.63, 3.8) is 0 Å². The van der Waals surface area contributed by atoms with Gasteiger partial charge in [-0.2, -0.15) is 0 Å². The third-order valence-corrected chi connectivity index (χ3v) is 5.54. The van der Waals surface area contributed by atoms with Crippen LogP contribution in [-0.2, 0) is 4.79 Å². The number of rotatable bonds is 6. The molecule has 3 rings (SSSR count). The molecule has 0 saturated carbocycles. The number of likely N-dealkylation sites (tertiary alicyclic amines) is 1. The van der Waals surface area contributed by atoms with Crippen molar-refractivity contribution in [1.29, 1.82) is 0 Å². The molecule has 1 aromatic rings. The second-order valence-corrected chi connectivity index (χ2v) is 7.36. The Labute approximate surface area is 150 Å². The molecule has 0 bridgehead atoms. The number of quaternary nitrogens is 1. The van der Waals surface area contributed by atoms with E-state index in [4.69, 9.17) is 0 Å². The Bertz CT molecular complexity index is 617. The molecule has 5 heteroatoms. The number of anilines is 1. The Morgan fingerprint density at radius 1 is 1.32 bits per heavy atom. The van der Waals surface area contributed by atoms with Crippen LogP contribution in [0.15, 0.2) is 24.3 Å². The minimum atomic E-state index is -0.0461. The van der Waals surface area contributed by atoms with Crippen LogP contribution in [0, 0.1) is 0 Å². The highest BCUT2D eigenvalue weighted by atomic mass is 16.2. The maximum absolute atomic E-state index is 12.4. The van der Waals surface area contributed by atoms with Crippen LogP contribution >= 0.6 is 0 Å². The largest absolute Gasteiger partial charge is 0.352 e. The predicted molar refractivity (Wildman–Crippen MR) is 99.0 cm³/mol.